The molecule has 0 aliphatic carbocycles. The maximum atomic E-state index is 12.6. The molecule has 2 heterocycles. The number of carbonyl (C=O) groups excluding carboxylic acids is 2. The summed E-state index contributed by atoms with van der Waals surface area (Å²) in [7, 11) is 0. The zero-order chi connectivity index (χ0) is 22.2. The summed E-state index contributed by atoms with van der Waals surface area (Å²) in [6.45, 7) is 7.74. The van der Waals surface area contributed by atoms with Gasteiger partial charge < -0.3 is 19.1 Å². The van der Waals surface area contributed by atoms with Gasteiger partial charge in [-0.25, -0.2) is 0 Å². The molecular formula is C23H32N4O4. The van der Waals surface area contributed by atoms with E-state index in [0.717, 1.165) is 18.4 Å². The van der Waals surface area contributed by atoms with E-state index < -0.39 is 0 Å². The SMILES string of the molecule is CC(=O)N(CCc1noc(C(C)C)n1)C1CCCN(C(=O)COCc2ccccc2)C1. The molecular weight excluding hydrogens is 396 g/mol. The fraction of sp³-hybridized carbons (Fsp3) is 0.565. The van der Waals surface area contributed by atoms with E-state index >= 15 is 0 Å². The van der Waals surface area contributed by atoms with Gasteiger partial charge >= 0.3 is 0 Å². The number of rotatable bonds is 9. The summed E-state index contributed by atoms with van der Waals surface area (Å²) >= 11 is 0. The molecule has 1 fully saturated rings. The average molecular weight is 429 g/mol. The van der Waals surface area contributed by atoms with Crippen molar-refractivity contribution < 1.29 is 18.8 Å². The lowest BCUT2D eigenvalue weighted by molar-refractivity contribution is -0.142. The maximum absolute atomic E-state index is 12.6. The van der Waals surface area contributed by atoms with Gasteiger partial charge in [0, 0.05) is 44.9 Å². The van der Waals surface area contributed by atoms with Crippen LogP contribution in [0.3, 0.4) is 0 Å². The molecule has 0 N–H and O–H groups in total. The van der Waals surface area contributed by atoms with Gasteiger partial charge in [0.2, 0.25) is 17.7 Å². The zero-order valence-corrected chi connectivity index (χ0v) is 18.6. The first kappa shape index (κ1) is 22.9. The average Bonchev–Trinajstić information content (AvgIpc) is 3.24. The van der Waals surface area contributed by atoms with Crippen molar-refractivity contribution in [3.05, 3.63) is 47.6 Å². The van der Waals surface area contributed by atoms with Crippen LogP contribution in [0.25, 0.3) is 0 Å². The molecule has 1 saturated heterocycles. The predicted octanol–water partition coefficient (Wildman–Crippen LogP) is 2.79. The number of benzene rings is 1. The fourth-order valence-corrected chi connectivity index (χ4v) is 3.78. The molecule has 2 aromatic rings. The number of hydrogen-bond acceptors (Lipinski definition) is 6. The van der Waals surface area contributed by atoms with Crippen LogP contribution in [0.4, 0.5) is 0 Å². The zero-order valence-electron chi connectivity index (χ0n) is 18.6. The molecule has 31 heavy (non-hydrogen) atoms. The van der Waals surface area contributed by atoms with Gasteiger partial charge in [-0.2, -0.15) is 4.98 Å². The van der Waals surface area contributed by atoms with Gasteiger partial charge in [0.1, 0.15) is 6.61 Å². The highest BCUT2D eigenvalue weighted by atomic mass is 16.5. The number of aromatic nitrogens is 2. The second-order valence-electron chi connectivity index (χ2n) is 8.28. The number of nitrogens with zero attached hydrogens (tertiary/aromatic N) is 4. The summed E-state index contributed by atoms with van der Waals surface area (Å²) in [6, 6.07) is 9.78. The molecule has 1 aliphatic heterocycles. The summed E-state index contributed by atoms with van der Waals surface area (Å²) in [4.78, 5) is 33.0. The molecule has 8 heteroatoms. The van der Waals surface area contributed by atoms with E-state index in [1.807, 2.05) is 49.1 Å². The predicted molar refractivity (Wildman–Crippen MR) is 115 cm³/mol. The third-order valence-electron chi connectivity index (χ3n) is 5.49. The summed E-state index contributed by atoms with van der Waals surface area (Å²) in [5, 5.41) is 4.01. The van der Waals surface area contributed by atoms with Crippen LogP contribution in [-0.4, -0.2) is 64.0 Å². The van der Waals surface area contributed by atoms with Crippen LogP contribution in [0.5, 0.6) is 0 Å². The largest absolute Gasteiger partial charge is 0.367 e. The van der Waals surface area contributed by atoms with Crippen LogP contribution in [-0.2, 0) is 27.4 Å². The Kier molecular flexibility index (Phi) is 8.17. The Balaban J connectivity index is 1.51. The number of likely N-dealkylation sites (tertiary alicyclic amines) is 1. The summed E-state index contributed by atoms with van der Waals surface area (Å²) in [6.07, 6.45) is 2.26. The van der Waals surface area contributed by atoms with Crippen molar-refractivity contribution in [1.82, 2.24) is 19.9 Å². The summed E-state index contributed by atoms with van der Waals surface area (Å²) in [5.74, 6) is 1.34. The molecule has 8 nitrogen and oxygen atoms in total. The van der Waals surface area contributed by atoms with E-state index in [2.05, 4.69) is 10.1 Å². The third kappa shape index (κ3) is 6.62. The number of amides is 2. The van der Waals surface area contributed by atoms with Gasteiger partial charge in [-0.05, 0) is 18.4 Å². The highest BCUT2D eigenvalue weighted by Gasteiger charge is 2.29. The lowest BCUT2D eigenvalue weighted by Gasteiger charge is -2.39. The number of hydrogen-bond donors (Lipinski definition) is 0. The fourth-order valence-electron chi connectivity index (χ4n) is 3.78. The van der Waals surface area contributed by atoms with Crippen LogP contribution in [0.15, 0.2) is 34.9 Å². The topological polar surface area (TPSA) is 88.8 Å². The number of carbonyl (C=O) groups is 2. The quantitative estimate of drug-likeness (QED) is 0.610. The van der Waals surface area contributed by atoms with Crippen LogP contribution in [0.2, 0.25) is 0 Å². The van der Waals surface area contributed by atoms with Crippen molar-refractivity contribution in [3.8, 4) is 0 Å². The summed E-state index contributed by atoms with van der Waals surface area (Å²) in [5.41, 5.74) is 1.04. The second-order valence-corrected chi connectivity index (χ2v) is 8.28. The minimum absolute atomic E-state index is 0.00722. The molecule has 1 aromatic heterocycles. The normalized spacial score (nSPS) is 16.5. The molecule has 0 bridgehead atoms. The molecule has 0 saturated carbocycles. The Labute approximate surface area is 183 Å². The van der Waals surface area contributed by atoms with E-state index in [1.165, 1.54) is 0 Å². The van der Waals surface area contributed by atoms with Crippen molar-refractivity contribution in [1.29, 1.82) is 0 Å². The lowest BCUT2D eigenvalue weighted by Crippen LogP contribution is -2.52. The minimum atomic E-state index is -0.0381. The second kappa shape index (κ2) is 11.0. The molecule has 1 unspecified atom stereocenters. The molecule has 0 spiro atoms. The molecule has 1 aromatic carbocycles. The first-order valence-electron chi connectivity index (χ1n) is 10.9. The van der Waals surface area contributed by atoms with Gasteiger partial charge in [0.25, 0.3) is 0 Å². The molecule has 1 aliphatic rings. The Morgan fingerprint density at radius 1 is 1.29 bits per heavy atom. The van der Waals surface area contributed by atoms with Gasteiger partial charge in [-0.3, -0.25) is 9.59 Å². The lowest BCUT2D eigenvalue weighted by atomic mass is 10.0. The Bertz CT molecular complexity index is 852. The van der Waals surface area contributed by atoms with Crippen molar-refractivity contribution in [2.75, 3.05) is 26.2 Å². The smallest absolute Gasteiger partial charge is 0.248 e. The van der Waals surface area contributed by atoms with Crippen molar-refractivity contribution in [2.24, 2.45) is 0 Å². The number of piperidine rings is 1. The van der Waals surface area contributed by atoms with Crippen LogP contribution in [0.1, 0.15) is 56.8 Å². The number of ether oxygens (including phenoxy) is 1. The van der Waals surface area contributed by atoms with E-state index in [9.17, 15) is 9.59 Å². The van der Waals surface area contributed by atoms with E-state index in [4.69, 9.17) is 9.26 Å². The molecule has 0 radical (unpaired) electrons. The van der Waals surface area contributed by atoms with Crippen molar-refractivity contribution >= 4 is 11.8 Å². The first-order chi connectivity index (χ1) is 14.9. The van der Waals surface area contributed by atoms with Gasteiger partial charge in [-0.1, -0.05) is 49.3 Å². The molecule has 1 atom stereocenters. The van der Waals surface area contributed by atoms with E-state index in [1.54, 1.807) is 11.8 Å². The highest BCUT2D eigenvalue weighted by Crippen LogP contribution is 2.18. The highest BCUT2D eigenvalue weighted by molar-refractivity contribution is 5.78. The minimum Gasteiger partial charge on any atom is -0.367 e. The third-order valence-corrected chi connectivity index (χ3v) is 5.49. The molecule has 2 amide bonds. The molecule has 168 valence electrons. The van der Waals surface area contributed by atoms with Crippen LogP contribution < -0.4 is 0 Å². The molecule has 3 rings (SSSR count). The van der Waals surface area contributed by atoms with E-state index in [0.29, 0.717) is 44.4 Å². The maximum Gasteiger partial charge on any atom is 0.248 e. The first-order valence-corrected chi connectivity index (χ1v) is 10.9. The van der Waals surface area contributed by atoms with E-state index in [-0.39, 0.29) is 30.4 Å². The van der Waals surface area contributed by atoms with Gasteiger partial charge in [0.05, 0.1) is 6.61 Å². The van der Waals surface area contributed by atoms with Gasteiger partial charge in [0.15, 0.2) is 5.82 Å². The Hall–Kier alpha value is -2.74. The van der Waals surface area contributed by atoms with Crippen LogP contribution in [0, 0.1) is 0 Å². The van der Waals surface area contributed by atoms with Gasteiger partial charge in [-0.15, -0.1) is 0 Å². The van der Waals surface area contributed by atoms with Crippen LogP contribution >= 0.6 is 0 Å². The van der Waals surface area contributed by atoms with Crippen molar-refractivity contribution in [2.45, 2.75) is 58.6 Å². The summed E-state index contributed by atoms with van der Waals surface area (Å²) < 4.78 is 10.9. The van der Waals surface area contributed by atoms with Crippen molar-refractivity contribution in [3.63, 3.8) is 0 Å². The monoisotopic (exact) mass is 428 g/mol. The Morgan fingerprint density at radius 3 is 2.74 bits per heavy atom. The standard InChI is InChI=1S/C23H32N4O4/c1-17(2)23-24-21(25-31-23)11-13-27(18(3)28)20-10-7-12-26(14-20)22(29)16-30-15-19-8-5-4-6-9-19/h4-6,8-9,17,20H,7,10-16H2,1-3H3. The Morgan fingerprint density at radius 2 is 2.06 bits per heavy atom.